The van der Waals surface area contributed by atoms with Gasteiger partial charge in [-0.3, -0.25) is 0 Å². The second kappa shape index (κ2) is 18.6. The van der Waals surface area contributed by atoms with Crippen molar-refractivity contribution in [2.24, 2.45) is 0 Å². The first-order valence-corrected chi connectivity index (χ1v) is 18.7. The Labute approximate surface area is 208 Å². The van der Waals surface area contributed by atoms with E-state index < -0.39 is 15.1 Å². The molecule has 8 heteroatoms. The molecule has 34 heavy (non-hydrogen) atoms. The first-order valence-electron chi connectivity index (χ1n) is 14.1. The molecule has 0 rings (SSSR count). The summed E-state index contributed by atoms with van der Waals surface area (Å²) in [6.07, 6.45) is 33.0. The fourth-order valence-corrected chi connectivity index (χ4v) is 9.64. The Morgan fingerprint density at radius 1 is 0.353 bits per heavy atom. The normalized spacial score (nSPS) is 14.3. The van der Waals surface area contributed by atoms with E-state index in [1.165, 1.54) is 109 Å². The van der Waals surface area contributed by atoms with Gasteiger partial charge in [0.1, 0.15) is 0 Å². The third-order valence-electron chi connectivity index (χ3n) is 6.44. The minimum atomic E-state index is -10.7. The molecule has 0 radical (unpaired) electrons. The number of hydrogen-bond donors (Lipinski definition) is 0. The van der Waals surface area contributed by atoms with Gasteiger partial charge in [-0.25, -0.2) is 0 Å². The number of halogens is 6. The maximum atomic E-state index is 9.87. The van der Waals surface area contributed by atoms with Gasteiger partial charge in [0.2, 0.25) is 0 Å². The average Bonchev–Trinajstić information content (AvgIpc) is 2.73. The Kier molecular flexibility index (Phi) is 20.1. The Morgan fingerprint density at radius 3 is 0.824 bits per heavy atom. The van der Waals surface area contributed by atoms with E-state index >= 15 is 0 Å². The van der Waals surface area contributed by atoms with Crippen LogP contribution in [-0.4, -0.2) is 24.6 Å². The standard InChI is InChI=1S/C26H56P.F6P/c1-5-9-13-14-15-16-17-18-19-20-21-22-26-27(23-10-6-2,24-11-7-3)25-12-8-4;1-7(2,3,4,5)6/h5-26H2,1-4H3;/q+1;-1. The van der Waals surface area contributed by atoms with Crippen molar-refractivity contribution < 1.29 is 25.2 Å². The Morgan fingerprint density at radius 2 is 0.559 bits per heavy atom. The van der Waals surface area contributed by atoms with Gasteiger partial charge in [-0.1, -0.05) is 111 Å². The molecule has 0 amide bonds. The van der Waals surface area contributed by atoms with E-state index in [1.54, 1.807) is 31.1 Å². The second-order valence-corrected chi connectivity index (χ2v) is 16.5. The van der Waals surface area contributed by atoms with Crippen molar-refractivity contribution in [3.63, 3.8) is 0 Å². The van der Waals surface area contributed by atoms with Crippen LogP contribution in [0.3, 0.4) is 0 Å². The van der Waals surface area contributed by atoms with Gasteiger partial charge in [0.15, 0.2) is 0 Å². The summed E-state index contributed by atoms with van der Waals surface area (Å²) in [6, 6.07) is 0. The predicted octanol–water partition coefficient (Wildman–Crippen LogP) is 13.5. The molecule has 0 bridgehead atoms. The van der Waals surface area contributed by atoms with Crippen LogP contribution >= 0.6 is 15.1 Å². The van der Waals surface area contributed by atoms with Crippen molar-refractivity contribution in [1.82, 2.24) is 0 Å². The van der Waals surface area contributed by atoms with Crippen molar-refractivity contribution in [2.75, 3.05) is 24.6 Å². The molecule has 0 nitrogen and oxygen atoms in total. The first kappa shape index (κ1) is 36.6. The molecule has 0 atom stereocenters. The summed E-state index contributed by atoms with van der Waals surface area (Å²) < 4.78 is 59.2. The molecule has 0 saturated heterocycles. The van der Waals surface area contributed by atoms with Crippen LogP contribution < -0.4 is 0 Å². The molecular formula is C26H56F6P2. The third-order valence-corrected chi connectivity index (χ3v) is 11.5. The van der Waals surface area contributed by atoms with E-state index in [2.05, 4.69) is 27.7 Å². The quantitative estimate of drug-likeness (QED) is 0.0722. The van der Waals surface area contributed by atoms with Crippen molar-refractivity contribution in [1.29, 1.82) is 0 Å². The minimum absolute atomic E-state index is 0.626. The SMILES string of the molecule is CCCCCCCCCCCCCC[P+](CCCC)(CCCC)CCCC.F[P-](F)(F)(F)(F)F. The number of unbranched alkanes of at least 4 members (excludes halogenated alkanes) is 14. The summed E-state index contributed by atoms with van der Waals surface area (Å²) in [5, 5.41) is 0. The van der Waals surface area contributed by atoms with Crippen LogP contribution in [-0.2, 0) is 0 Å². The number of hydrogen-bond acceptors (Lipinski definition) is 0. The van der Waals surface area contributed by atoms with Crippen molar-refractivity contribution in [3.05, 3.63) is 0 Å². The number of rotatable bonds is 22. The molecule has 0 heterocycles. The van der Waals surface area contributed by atoms with Crippen molar-refractivity contribution in [3.8, 4) is 0 Å². The topological polar surface area (TPSA) is 0 Å². The molecule has 212 valence electrons. The summed E-state index contributed by atoms with van der Waals surface area (Å²) in [5.41, 5.74) is 0. The van der Waals surface area contributed by atoms with Crippen LogP contribution in [0.15, 0.2) is 0 Å². The predicted molar refractivity (Wildman–Crippen MR) is 146 cm³/mol. The van der Waals surface area contributed by atoms with Crippen molar-refractivity contribution >= 4 is 15.1 Å². The van der Waals surface area contributed by atoms with Gasteiger partial charge in [0.05, 0.1) is 24.6 Å². The Bertz CT molecular complexity index is 418. The van der Waals surface area contributed by atoms with E-state index in [-0.39, 0.29) is 0 Å². The van der Waals surface area contributed by atoms with Crippen LogP contribution in [0.4, 0.5) is 25.2 Å². The summed E-state index contributed by atoms with van der Waals surface area (Å²) in [7, 11) is -11.3. The molecule has 0 saturated carbocycles. The van der Waals surface area contributed by atoms with Gasteiger partial charge in [-0.15, -0.1) is 0 Å². The van der Waals surface area contributed by atoms with Gasteiger partial charge in [-0.2, -0.15) is 0 Å². The summed E-state index contributed by atoms with van der Waals surface area (Å²) in [5.74, 6) is 0. The molecule has 0 spiro atoms. The molecule has 0 unspecified atom stereocenters. The van der Waals surface area contributed by atoms with E-state index in [0.717, 1.165) is 0 Å². The summed E-state index contributed by atoms with van der Waals surface area (Å²) in [6.45, 7) is 9.47. The summed E-state index contributed by atoms with van der Waals surface area (Å²) in [4.78, 5) is 0. The first-order chi connectivity index (χ1) is 15.7. The average molecular weight is 545 g/mol. The Hall–Kier alpha value is 0.440. The van der Waals surface area contributed by atoms with Crippen LogP contribution in [0.5, 0.6) is 0 Å². The molecular weight excluding hydrogens is 488 g/mol. The summed E-state index contributed by atoms with van der Waals surface area (Å²) >= 11 is 0. The van der Waals surface area contributed by atoms with Crippen molar-refractivity contribution in [2.45, 2.75) is 143 Å². The van der Waals surface area contributed by atoms with E-state index in [1.807, 2.05) is 0 Å². The van der Waals surface area contributed by atoms with Crippen LogP contribution in [0.2, 0.25) is 0 Å². The van der Waals surface area contributed by atoms with Gasteiger partial charge in [0, 0.05) is 7.26 Å². The Balaban J connectivity index is 0. The molecule has 0 aliphatic heterocycles. The molecule has 0 aliphatic rings. The third kappa shape index (κ3) is 34.6. The molecule has 0 aliphatic carbocycles. The van der Waals surface area contributed by atoms with Gasteiger partial charge >= 0.3 is 33.0 Å². The van der Waals surface area contributed by atoms with Gasteiger partial charge in [-0.05, 0) is 32.1 Å². The molecule has 0 aromatic heterocycles. The fraction of sp³-hybridized carbons (Fsp3) is 1.00. The zero-order valence-electron chi connectivity index (χ0n) is 22.7. The molecule has 0 aromatic rings. The van der Waals surface area contributed by atoms with Gasteiger partial charge in [0.25, 0.3) is 0 Å². The molecule has 0 aromatic carbocycles. The van der Waals surface area contributed by atoms with Crippen LogP contribution in [0.1, 0.15) is 143 Å². The van der Waals surface area contributed by atoms with Crippen LogP contribution in [0, 0.1) is 0 Å². The molecule has 0 N–H and O–H groups in total. The monoisotopic (exact) mass is 544 g/mol. The van der Waals surface area contributed by atoms with Gasteiger partial charge < -0.3 is 0 Å². The zero-order chi connectivity index (χ0) is 26.5. The fourth-order valence-electron chi connectivity index (χ4n) is 4.44. The van der Waals surface area contributed by atoms with Crippen LogP contribution in [0.25, 0.3) is 0 Å². The molecule has 0 fully saturated rings. The van der Waals surface area contributed by atoms with E-state index in [4.69, 9.17) is 0 Å². The van der Waals surface area contributed by atoms with E-state index in [0.29, 0.717) is 0 Å². The second-order valence-electron chi connectivity index (χ2n) is 10.1. The zero-order valence-corrected chi connectivity index (χ0v) is 24.5. The maximum absolute atomic E-state index is 10.7. The van der Waals surface area contributed by atoms with E-state index in [9.17, 15) is 25.2 Å².